The summed E-state index contributed by atoms with van der Waals surface area (Å²) in [7, 11) is -2.86. The van der Waals surface area contributed by atoms with Crippen molar-refractivity contribution in [3.05, 3.63) is 0 Å². The molecule has 4 nitrogen and oxygen atoms in total. The Hall–Kier alpha value is -0.130. The highest BCUT2D eigenvalue weighted by molar-refractivity contribution is 7.91. The maximum atomic E-state index is 11.4. The molecule has 0 radical (unpaired) electrons. The predicted octanol–water partition coefficient (Wildman–Crippen LogP) is -0.403. The Bertz CT molecular complexity index is 296. The molecule has 2 atom stereocenters. The first kappa shape index (κ1) is 10.4. The monoisotopic (exact) mass is 218 g/mol. The molecule has 0 aromatic rings. The zero-order valence-corrected chi connectivity index (χ0v) is 9.17. The zero-order valence-electron chi connectivity index (χ0n) is 8.35. The molecule has 5 heteroatoms. The Morgan fingerprint density at radius 2 is 1.71 bits per heavy atom. The molecule has 2 rings (SSSR count). The fourth-order valence-corrected chi connectivity index (χ4v) is 4.41. The molecule has 82 valence electrons. The minimum Gasteiger partial charge on any atom is -0.325 e. The lowest BCUT2D eigenvalue weighted by molar-refractivity contribution is 0.166. The molecule has 0 bridgehead atoms. The van der Waals surface area contributed by atoms with E-state index in [-0.39, 0.29) is 23.6 Å². The highest BCUT2D eigenvalue weighted by atomic mass is 32.2. The summed E-state index contributed by atoms with van der Waals surface area (Å²) in [6.07, 6.45) is 3.64. The van der Waals surface area contributed by atoms with Crippen LogP contribution in [0.4, 0.5) is 0 Å². The van der Waals surface area contributed by atoms with Crippen LogP contribution in [-0.2, 0) is 9.84 Å². The quantitative estimate of drug-likeness (QED) is 0.650. The molecule has 0 aromatic heterocycles. The first-order valence-electron chi connectivity index (χ1n) is 5.28. The molecule has 14 heavy (non-hydrogen) atoms. The second kappa shape index (κ2) is 3.79. The van der Waals surface area contributed by atoms with E-state index in [4.69, 9.17) is 5.73 Å². The van der Waals surface area contributed by atoms with Gasteiger partial charge in [-0.25, -0.2) is 8.42 Å². The molecule has 0 spiro atoms. The van der Waals surface area contributed by atoms with Gasteiger partial charge in [0, 0.05) is 12.1 Å². The van der Waals surface area contributed by atoms with Crippen molar-refractivity contribution in [3.8, 4) is 0 Å². The fourth-order valence-electron chi connectivity index (χ4n) is 2.48. The summed E-state index contributed by atoms with van der Waals surface area (Å²) in [6, 6.07) is -0.0848. The maximum absolute atomic E-state index is 11.4. The van der Waals surface area contributed by atoms with Gasteiger partial charge in [-0.3, -0.25) is 4.90 Å². The first-order valence-corrected chi connectivity index (χ1v) is 7.11. The van der Waals surface area contributed by atoms with Crippen molar-refractivity contribution >= 4 is 9.84 Å². The number of piperidine rings is 1. The average Bonchev–Trinajstić information content (AvgIpc) is 2.41. The van der Waals surface area contributed by atoms with Gasteiger partial charge in [0.2, 0.25) is 0 Å². The molecule has 0 aliphatic carbocycles. The molecule has 0 saturated carbocycles. The number of nitrogens with two attached hydrogens (primary N) is 1. The van der Waals surface area contributed by atoms with E-state index in [9.17, 15) is 8.42 Å². The lowest BCUT2D eigenvalue weighted by Crippen LogP contribution is -2.48. The molecule has 2 N–H and O–H groups in total. The van der Waals surface area contributed by atoms with Crippen molar-refractivity contribution in [3.63, 3.8) is 0 Å². The van der Waals surface area contributed by atoms with Crippen LogP contribution in [0.15, 0.2) is 0 Å². The average molecular weight is 218 g/mol. The molecule has 2 aliphatic rings. The van der Waals surface area contributed by atoms with Gasteiger partial charge in [0.1, 0.15) is 0 Å². The van der Waals surface area contributed by atoms with Gasteiger partial charge in [0.15, 0.2) is 9.84 Å². The summed E-state index contributed by atoms with van der Waals surface area (Å²) in [5, 5.41) is 0. The molecule has 2 heterocycles. The lowest BCUT2D eigenvalue weighted by Gasteiger charge is -2.33. The summed E-state index contributed by atoms with van der Waals surface area (Å²) in [5.74, 6) is 0.447. The van der Waals surface area contributed by atoms with E-state index in [2.05, 4.69) is 4.90 Å². The largest absolute Gasteiger partial charge is 0.325 e. The molecule has 0 amide bonds. The first-order chi connectivity index (χ1) is 6.58. The van der Waals surface area contributed by atoms with Gasteiger partial charge in [-0.1, -0.05) is 6.42 Å². The van der Waals surface area contributed by atoms with Gasteiger partial charge in [-0.15, -0.1) is 0 Å². The number of rotatable bonds is 1. The normalized spacial score (nSPS) is 38.6. The highest BCUT2D eigenvalue weighted by Gasteiger charge is 2.38. The smallest absolute Gasteiger partial charge is 0.153 e. The van der Waals surface area contributed by atoms with Crippen molar-refractivity contribution in [1.82, 2.24) is 4.90 Å². The van der Waals surface area contributed by atoms with Gasteiger partial charge >= 0.3 is 0 Å². The molecule has 2 saturated heterocycles. The van der Waals surface area contributed by atoms with E-state index in [0.29, 0.717) is 0 Å². The molecular formula is C9H18N2O2S. The molecular weight excluding hydrogens is 200 g/mol. The van der Waals surface area contributed by atoms with Crippen molar-refractivity contribution < 1.29 is 8.42 Å². The SMILES string of the molecule is N[C@H]1CS(=O)(=O)C[C@H]1N1CCCCC1. The Labute approximate surface area is 85.4 Å². The van der Waals surface area contributed by atoms with Crippen molar-refractivity contribution in [2.24, 2.45) is 5.73 Å². The Morgan fingerprint density at radius 1 is 1.07 bits per heavy atom. The van der Waals surface area contributed by atoms with Crippen LogP contribution in [0.2, 0.25) is 0 Å². The predicted molar refractivity (Wildman–Crippen MR) is 55.8 cm³/mol. The van der Waals surface area contributed by atoms with E-state index >= 15 is 0 Å². The Balaban J connectivity index is 2.04. The van der Waals surface area contributed by atoms with Crippen LogP contribution in [0.5, 0.6) is 0 Å². The third kappa shape index (κ3) is 2.10. The van der Waals surface area contributed by atoms with Crippen LogP contribution in [0, 0.1) is 0 Å². The fraction of sp³-hybridized carbons (Fsp3) is 1.00. The highest BCUT2D eigenvalue weighted by Crippen LogP contribution is 2.20. The summed E-state index contributed by atoms with van der Waals surface area (Å²) >= 11 is 0. The number of nitrogens with zero attached hydrogens (tertiary/aromatic N) is 1. The molecule has 0 unspecified atom stereocenters. The summed E-state index contributed by atoms with van der Waals surface area (Å²) in [5.41, 5.74) is 5.86. The molecule has 2 fully saturated rings. The van der Waals surface area contributed by atoms with Crippen molar-refractivity contribution in [2.75, 3.05) is 24.6 Å². The Kier molecular flexibility index (Phi) is 2.81. The third-order valence-electron chi connectivity index (χ3n) is 3.22. The maximum Gasteiger partial charge on any atom is 0.153 e. The number of hydrogen-bond acceptors (Lipinski definition) is 4. The van der Waals surface area contributed by atoms with Gasteiger partial charge in [0.05, 0.1) is 11.5 Å². The topological polar surface area (TPSA) is 63.4 Å². The number of sulfone groups is 1. The minimum atomic E-state index is -2.86. The van der Waals surface area contributed by atoms with Gasteiger partial charge in [-0.2, -0.15) is 0 Å². The third-order valence-corrected chi connectivity index (χ3v) is 4.97. The summed E-state index contributed by atoms with van der Waals surface area (Å²) < 4.78 is 22.8. The number of likely N-dealkylation sites (tertiary alicyclic amines) is 1. The van der Waals surface area contributed by atoms with Crippen LogP contribution in [0.3, 0.4) is 0 Å². The summed E-state index contributed by atoms with van der Waals surface area (Å²) in [4.78, 5) is 2.26. The van der Waals surface area contributed by atoms with Crippen LogP contribution in [0.25, 0.3) is 0 Å². The van der Waals surface area contributed by atoms with Crippen LogP contribution in [0.1, 0.15) is 19.3 Å². The van der Waals surface area contributed by atoms with E-state index in [1.165, 1.54) is 19.3 Å². The Morgan fingerprint density at radius 3 is 2.21 bits per heavy atom. The van der Waals surface area contributed by atoms with E-state index in [0.717, 1.165) is 13.1 Å². The van der Waals surface area contributed by atoms with Crippen LogP contribution >= 0.6 is 0 Å². The van der Waals surface area contributed by atoms with Crippen LogP contribution < -0.4 is 5.73 Å². The van der Waals surface area contributed by atoms with Crippen molar-refractivity contribution in [1.29, 1.82) is 0 Å². The molecule has 0 aromatic carbocycles. The van der Waals surface area contributed by atoms with Gasteiger partial charge < -0.3 is 5.73 Å². The van der Waals surface area contributed by atoms with Crippen molar-refractivity contribution in [2.45, 2.75) is 31.3 Å². The molecule has 2 aliphatic heterocycles. The zero-order chi connectivity index (χ0) is 10.2. The number of hydrogen-bond donors (Lipinski definition) is 1. The second-order valence-electron chi connectivity index (χ2n) is 4.40. The van der Waals surface area contributed by atoms with Gasteiger partial charge in [0.25, 0.3) is 0 Å². The second-order valence-corrected chi connectivity index (χ2v) is 6.56. The van der Waals surface area contributed by atoms with E-state index < -0.39 is 9.84 Å². The minimum absolute atomic E-state index is 0.0836. The standard InChI is InChI=1S/C9H18N2O2S/c10-8-6-14(12,13)7-9(8)11-4-2-1-3-5-11/h8-9H,1-7,10H2/t8-,9+/m0/s1. The van der Waals surface area contributed by atoms with E-state index in [1.54, 1.807) is 0 Å². The van der Waals surface area contributed by atoms with Crippen LogP contribution in [-0.4, -0.2) is 50.0 Å². The lowest BCUT2D eigenvalue weighted by atomic mass is 10.1. The van der Waals surface area contributed by atoms with E-state index in [1.807, 2.05) is 0 Å². The summed E-state index contributed by atoms with van der Waals surface area (Å²) in [6.45, 7) is 2.04. The van der Waals surface area contributed by atoms with Gasteiger partial charge in [-0.05, 0) is 25.9 Å².